The lowest BCUT2D eigenvalue weighted by Gasteiger charge is -2.31. The first-order valence-electron chi connectivity index (χ1n) is 6.27. The van der Waals surface area contributed by atoms with Gasteiger partial charge >= 0.3 is 0 Å². The van der Waals surface area contributed by atoms with Crippen molar-refractivity contribution in [3.8, 4) is 0 Å². The summed E-state index contributed by atoms with van der Waals surface area (Å²) < 4.78 is 0. The first-order chi connectivity index (χ1) is 8.74. The molecule has 0 aliphatic carbocycles. The molecule has 0 bridgehead atoms. The molecule has 2 aliphatic rings. The van der Waals surface area contributed by atoms with Crippen LogP contribution >= 0.6 is 11.8 Å². The standard InChI is InChI=1S/C13H17N3OS/c14-10-1-2-12-11(5-10)16(13(17)8-18-12)7-9-3-4-15-6-9/h1-2,5,9,15H,3-4,6-8,14H2. The van der Waals surface area contributed by atoms with Crippen LogP contribution in [0.5, 0.6) is 0 Å². The van der Waals surface area contributed by atoms with Gasteiger partial charge in [0.2, 0.25) is 5.91 Å². The van der Waals surface area contributed by atoms with Crippen LogP contribution in [-0.4, -0.2) is 31.3 Å². The summed E-state index contributed by atoms with van der Waals surface area (Å²) >= 11 is 1.60. The SMILES string of the molecule is Nc1ccc2c(c1)N(CC1CCNC1)C(=O)CS2. The number of fused-ring (bicyclic) bond motifs is 1. The topological polar surface area (TPSA) is 58.4 Å². The van der Waals surface area contributed by atoms with E-state index in [4.69, 9.17) is 5.73 Å². The molecule has 1 saturated heterocycles. The molecule has 1 atom stereocenters. The van der Waals surface area contributed by atoms with Crippen LogP contribution in [0, 0.1) is 5.92 Å². The van der Waals surface area contributed by atoms with Gasteiger partial charge in [-0.2, -0.15) is 0 Å². The fourth-order valence-corrected chi connectivity index (χ4v) is 3.46. The van der Waals surface area contributed by atoms with E-state index in [1.165, 1.54) is 0 Å². The Labute approximate surface area is 111 Å². The molecule has 18 heavy (non-hydrogen) atoms. The summed E-state index contributed by atoms with van der Waals surface area (Å²) in [5.74, 6) is 1.30. The number of carbonyl (C=O) groups excluding carboxylic acids is 1. The van der Waals surface area contributed by atoms with Crippen LogP contribution < -0.4 is 16.0 Å². The highest BCUT2D eigenvalue weighted by Gasteiger charge is 2.28. The third-order valence-corrected chi connectivity index (χ3v) is 4.58. The molecule has 1 amide bonds. The van der Waals surface area contributed by atoms with Crippen molar-refractivity contribution in [2.45, 2.75) is 11.3 Å². The highest BCUT2D eigenvalue weighted by atomic mass is 32.2. The number of hydrogen-bond donors (Lipinski definition) is 2. The van der Waals surface area contributed by atoms with Gasteiger partial charge in [0.1, 0.15) is 0 Å². The van der Waals surface area contributed by atoms with E-state index in [1.54, 1.807) is 11.8 Å². The van der Waals surface area contributed by atoms with Gasteiger partial charge in [-0.05, 0) is 43.6 Å². The minimum atomic E-state index is 0.199. The predicted octanol–water partition coefficient (Wildman–Crippen LogP) is 1.32. The van der Waals surface area contributed by atoms with Gasteiger partial charge < -0.3 is 16.0 Å². The lowest BCUT2D eigenvalue weighted by Crippen LogP contribution is -2.39. The first-order valence-corrected chi connectivity index (χ1v) is 7.26. The maximum absolute atomic E-state index is 12.1. The van der Waals surface area contributed by atoms with Gasteiger partial charge in [0, 0.05) is 17.1 Å². The molecule has 96 valence electrons. The van der Waals surface area contributed by atoms with E-state index in [-0.39, 0.29) is 5.91 Å². The lowest BCUT2D eigenvalue weighted by atomic mass is 10.1. The van der Waals surface area contributed by atoms with Crippen molar-refractivity contribution in [2.75, 3.05) is 36.0 Å². The van der Waals surface area contributed by atoms with Crippen LogP contribution in [0.4, 0.5) is 11.4 Å². The summed E-state index contributed by atoms with van der Waals surface area (Å²) in [6, 6.07) is 5.83. The van der Waals surface area contributed by atoms with E-state index in [2.05, 4.69) is 5.32 Å². The maximum Gasteiger partial charge on any atom is 0.237 e. The van der Waals surface area contributed by atoms with E-state index in [0.717, 1.165) is 42.3 Å². The number of rotatable bonds is 2. The number of amides is 1. The molecule has 1 unspecified atom stereocenters. The third-order valence-electron chi connectivity index (χ3n) is 3.53. The van der Waals surface area contributed by atoms with Gasteiger partial charge in [-0.15, -0.1) is 11.8 Å². The van der Waals surface area contributed by atoms with Crippen molar-refractivity contribution in [2.24, 2.45) is 5.92 Å². The molecule has 2 aliphatic heterocycles. The molecule has 1 aromatic carbocycles. The Morgan fingerprint density at radius 2 is 2.39 bits per heavy atom. The average molecular weight is 263 g/mol. The molecule has 4 nitrogen and oxygen atoms in total. The highest BCUT2D eigenvalue weighted by molar-refractivity contribution is 8.00. The van der Waals surface area contributed by atoms with Crippen LogP contribution in [0.3, 0.4) is 0 Å². The summed E-state index contributed by atoms with van der Waals surface area (Å²) in [6.45, 7) is 2.88. The van der Waals surface area contributed by atoms with E-state index in [9.17, 15) is 4.79 Å². The largest absolute Gasteiger partial charge is 0.399 e. The summed E-state index contributed by atoms with van der Waals surface area (Å²) in [7, 11) is 0. The van der Waals surface area contributed by atoms with Gasteiger partial charge in [-0.3, -0.25) is 4.79 Å². The van der Waals surface area contributed by atoms with Gasteiger partial charge in [0.05, 0.1) is 11.4 Å². The van der Waals surface area contributed by atoms with Crippen LogP contribution in [0.2, 0.25) is 0 Å². The Morgan fingerprint density at radius 3 is 3.17 bits per heavy atom. The summed E-state index contributed by atoms with van der Waals surface area (Å²) in [5.41, 5.74) is 7.55. The van der Waals surface area contributed by atoms with E-state index < -0.39 is 0 Å². The molecule has 3 rings (SSSR count). The molecule has 0 saturated carbocycles. The lowest BCUT2D eigenvalue weighted by molar-refractivity contribution is -0.116. The smallest absolute Gasteiger partial charge is 0.237 e. The first kappa shape index (κ1) is 11.9. The second-order valence-corrected chi connectivity index (χ2v) is 5.90. The number of hydrogen-bond acceptors (Lipinski definition) is 4. The van der Waals surface area contributed by atoms with Gasteiger partial charge in [-0.25, -0.2) is 0 Å². The molecule has 0 aromatic heterocycles. The van der Waals surface area contributed by atoms with Crippen LogP contribution in [-0.2, 0) is 4.79 Å². The summed E-state index contributed by atoms with van der Waals surface area (Å²) in [6.07, 6.45) is 1.15. The number of anilines is 2. The monoisotopic (exact) mass is 263 g/mol. The van der Waals surface area contributed by atoms with Gasteiger partial charge in [-0.1, -0.05) is 0 Å². The molecule has 3 N–H and O–H groups in total. The number of nitrogens with zero attached hydrogens (tertiary/aromatic N) is 1. The van der Waals surface area contributed by atoms with E-state index in [1.807, 2.05) is 23.1 Å². The molecule has 1 aromatic rings. The summed E-state index contributed by atoms with van der Waals surface area (Å²) in [4.78, 5) is 15.2. The minimum Gasteiger partial charge on any atom is -0.399 e. The van der Waals surface area contributed by atoms with Crippen LogP contribution in [0.1, 0.15) is 6.42 Å². The zero-order valence-corrected chi connectivity index (χ0v) is 11.0. The van der Waals surface area contributed by atoms with E-state index in [0.29, 0.717) is 11.7 Å². The zero-order valence-electron chi connectivity index (χ0n) is 10.2. The van der Waals surface area contributed by atoms with Crippen molar-refractivity contribution in [3.63, 3.8) is 0 Å². The molecule has 5 heteroatoms. The van der Waals surface area contributed by atoms with Crippen molar-refractivity contribution in [1.29, 1.82) is 0 Å². The van der Waals surface area contributed by atoms with Gasteiger partial charge in [0.15, 0.2) is 0 Å². The molecular formula is C13H17N3OS. The predicted molar refractivity (Wildman–Crippen MR) is 74.9 cm³/mol. The zero-order chi connectivity index (χ0) is 12.5. The fourth-order valence-electron chi connectivity index (χ4n) is 2.55. The van der Waals surface area contributed by atoms with Crippen LogP contribution in [0.25, 0.3) is 0 Å². The van der Waals surface area contributed by atoms with Crippen molar-refractivity contribution >= 4 is 29.0 Å². The Morgan fingerprint density at radius 1 is 1.50 bits per heavy atom. The number of nitrogen functional groups attached to an aromatic ring is 1. The number of nitrogens with one attached hydrogen (secondary N) is 1. The number of benzene rings is 1. The fraction of sp³-hybridized carbons (Fsp3) is 0.462. The Kier molecular flexibility index (Phi) is 3.18. The van der Waals surface area contributed by atoms with E-state index >= 15 is 0 Å². The second-order valence-electron chi connectivity index (χ2n) is 4.88. The van der Waals surface area contributed by atoms with Crippen LogP contribution in [0.15, 0.2) is 23.1 Å². The highest BCUT2D eigenvalue weighted by Crippen LogP contribution is 2.37. The third kappa shape index (κ3) is 2.20. The molecule has 0 spiro atoms. The Hall–Kier alpha value is -1.20. The van der Waals surface area contributed by atoms with Crippen molar-refractivity contribution < 1.29 is 4.79 Å². The number of nitrogens with two attached hydrogens (primary N) is 1. The quantitative estimate of drug-likeness (QED) is 0.790. The molecular weight excluding hydrogens is 246 g/mol. The maximum atomic E-state index is 12.1. The van der Waals surface area contributed by atoms with Crippen molar-refractivity contribution in [1.82, 2.24) is 5.32 Å². The van der Waals surface area contributed by atoms with Gasteiger partial charge in [0.25, 0.3) is 0 Å². The average Bonchev–Trinajstić information content (AvgIpc) is 2.86. The second kappa shape index (κ2) is 4.82. The molecule has 2 heterocycles. The van der Waals surface area contributed by atoms with Crippen molar-refractivity contribution in [3.05, 3.63) is 18.2 Å². The minimum absolute atomic E-state index is 0.199. The normalized spacial score (nSPS) is 23.2. The number of carbonyl (C=O) groups is 1. The molecule has 1 fully saturated rings. The number of thioether (sulfide) groups is 1. The summed E-state index contributed by atoms with van der Waals surface area (Å²) in [5, 5.41) is 3.34. The Balaban J connectivity index is 1.88. The Bertz CT molecular complexity index is 471. The molecule has 0 radical (unpaired) electrons.